The Morgan fingerprint density at radius 3 is 2.76 bits per heavy atom. The maximum absolute atomic E-state index is 9.58. The number of aromatic nitrogens is 2. The second kappa shape index (κ2) is 6.52. The zero-order chi connectivity index (χ0) is 15.4. The minimum atomic E-state index is 0.151. The zero-order valence-corrected chi connectivity index (χ0v) is 13.1. The molecule has 5 heteroatoms. The Labute approximate surface area is 125 Å². The van der Waals surface area contributed by atoms with Gasteiger partial charge in [-0.3, -0.25) is 4.68 Å². The Balaban J connectivity index is 2.03. The van der Waals surface area contributed by atoms with Crippen LogP contribution in [0.4, 0.5) is 5.82 Å². The number of methoxy groups -OCH3 is 1. The molecule has 114 valence electrons. The van der Waals surface area contributed by atoms with Gasteiger partial charge in [-0.15, -0.1) is 0 Å². The summed E-state index contributed by atoms with van der Waals surface area (Å²) in [6.07, 6.45) is 0. The molecule has 2 aromatic rings. The molecule has 0 saturated carbocycles. The summed E-state index contributed by atoms with van der Waals surface area (Å²) >= 11 is 0. The highest BCUT2D eigenvalue weighted by molar-refractivity contribution is 5.43. The van der Waals surface area contributed by atoms with Gasteiger partial charge in [-0.25, -0.2) is 0 Å². The third kappa shape index (κ3) is 3.90. The van der Waals surface area contributed by atoms with Crippen LogP contribution in [0.25, 0.3) is 0 Å². The lowest BCUT2D eigenvalue weighted by Gasteiger charge is -2.08. The quantitative estimate of drug-likeness (QED) is 0.857. The monoisotopic (exact) mass is 289 g/mol. The number of ether oxygens (including phenoxy) is 1. The number of phenolic OH excluding ortho intramolecular Hbond substituents is 1. The molecule has 0 fully saturated rings. The van der Waals surface area contributed by atoms with Gasteiger partial charge in [0.05, 0.1) is 7.11 Å². The van der Waals surface area contributed by atoms with E-state index in [9.17, 15) is 5.11 Å². The molecule has 21 heavy (non-hydrogen) atoms. The van der Waals surface area contributed by atoms with Gasteiger partial charge in [-0.05, 0) is 30.5 Å². The van der Waals surface area contributed by atoms with Crippen LogP contribution in [0.1, 0.15) is 25.1 Å². The molecule has 2 rings (SSSR count). The van der Waals surface area contributed by atoms with E-state index < -0.39 is 0 Å². The average molecular weight is 289 g/mol. The molecule has 0 aliphatic heterocycles. The Morgan fingerprint density at radius 2 is 2.10 bits per heavy atom. The highest BCUT2D eigenvalue weighted by Gasteiger charge is 2.07. The van der Waals surface area contributed by atoms with Gasteiger partial charge in [-0.2, -0.15) is 5.10 Å². The van der Waals surface area contributed by atoms with E-state index in [2.05, 4.69) is 31.2 Å². The van der Waals surface area contributed by atoms with E-state index in [-0.39, 0.29) is 5.75 Å². The number of rotatable bonds is 6. The third-order valence-corrected chi connectivity index (χ3v) is 3.24. The van der Waals surface area contributed by atoms with Crippen LogP contribution in [0, 0.1) is 12.8 Å². The minimum Gasteiger partial charge on any atom is -0.504 e. The van der Waals surface area contributed by atoms with Crippen LogP contribution in [-0.4, -0.2) is 22.0 Å². The minimum absolute atomic E-state index is 0.151. The summed E-state index contributed by atoms with van der Waals surface area (Å²) in [6.45, 7) is 7.97. The number of aromatic hydroxyl groups is 1. The number of nitrogens with one attached hydrogen (secondary N) is 1. The van der Waals surface area contributed by atoms with Crippen molar-refractivity contribution in [3.63, 3.8) is 0 Å². The first-order valence-corrected chi connectivity index (χ1v) is 7.13. The number of nitrogens with zero attached hydrogens (tertiary/aromatic N) is 2. The van der Waals surface area contributed by atoms with Gasteiger partial charge < -0.3 is 15.2 Å². The third-order valence-electron chi connectivity index (χ3n) is 3.24. The van der Waals surface area contributed by atoms with E-state index in [0.717, 1.165) is 23.6 Å². The fourth-order valence-electron chi connectivity index (χ4n) is 2.15. The van der Waals surface area contributed by atoms with Crippen molar-refractivity contribution in [2.45, 2.75) is 33.9 Å². The predicted molar refractivity (Wildman–Crippen MR) is 83.8 cm³/mol. The van der Waals surface area contributed by atoms with E-state index in [1.807, 2.05) is 22.9 Å². The van der Waals surface area contributed by atoms with Crippen LogP contribution in [0.3, 0.4) is 0 Å². The van der Waals surface area contributed by atoms with Crippen LogP contribution in [0.5, 0.6) is 11.5 Å². The van der Waals surface area contributed by atoms with E-state index in [4.69, 9.17) is 4.74 Å². The van der Waals surface area contributed by atoms with Crippen molar-refractivity contribution in [3.05, 3.63) is 35.5 Å². The van der Waals surface area contributed by atoms with Crippen LogP contribution < -0.4 is 10.1 Å². The summed E-state index contributed by atoms with van der Waals surface area (Å²) in [6, 6.07) is 7.36. The topological polar surface area (TPSA) is 59.3 Å². The molecule has 0 unspecified atom stereocenters. The smallest absolute Gasteiger partial charge is 0.160 e. The zero-order valence-electron chi connectivity index (χ0n) is 13.1. The van der Waals surface area contributed by atoms with E-state index in [1.54, 1.807) is 13.2 Å². The number of hydrogen-bond donors (Lipinski definition) is 2. The van der Waals surface area contributed by atoms with E-state index in [0.29, 0.717) is 18.2 Å². The van der Waals surface area contributed by atoms with E-state index >= 15 is 0 Å². The van der Waals surface area contributed by atoms with Crippen LogP contribution in [0.2, 0.25) is 0 Å². The second-order valence-corrected chi connectivity index (χ2v) is 5.61. The van der Waals surface area contributed by atoms with Gasteiger partial charge in [0.1, 0.15) is 5.82 Å². The lowest BCUT2D eigenvalue weighted by molar-refractivity contribution is 0.373. The first kappa shape index (κ1) is 15.2. The summed E-state index contributed by atoms with van der Waals surface area (Å²) in [5, 5.41) is 17.4. The number of hydrogen-bond acceptors (Lipinski definition) is 4. The number of phenols is 1. The summed E-state index contributed by atoms with van der Waals surface area (Å²) in [5.41, 5.74) is 2.18. The molecule has 0 radical (unpaired) electrons. The number of anilines is 1. The van der Waals surface area contributed by atoms with Gasteiger partial charge in [0.2, 0.25) is 0 Å². The van der Waals surface area contributed by atoms with Gasteiger partial charge in [0, 0.05) is 24.8 Å². The van der Waals surface area contributed by atoms with Crippen molar-refractivity contribution in [1.82, 2.24) is 9.78 Å². The summed E-state index contributed by atoms with van der Waals surface area (Å²) in [5.74, 6) is 2.06. The van der Waals surface area contributed by atoms with Crippen LogP contribution >= 0.6 is 0 Å². The molecule has 2 N–H and O–H groups in total. The number of benzene rings is 1. The molecule has 1 heterocycles. The lowest BCUT2D eigenvalue weighted by atomic mass is 10.2. The van der Waals surface area contributed by atoms with E-state index in [1.165, 1.54) is 0 Å². The van der Waals surface area contributed by atoms with Gasteiger partial charge in [-0.1, -0.05) is 19.9 Å². The first-order valence-electron chi connectivity index (χ1n) is 7.13. The SMILES string of the molecule is COc1cc(CNc2cc(C)n(CC(C)C)n2)ccc1O. The molecule has 0 spiro atoms. The molecule has 5 nitrogen and oxygen atoms in total. The molecule has 0 bridgehead atoms. The lowest BCUT2D eigenvalue weighted by Crippen LogP contribution is -2.08. The molecule has 1 aromatic heterocycles. The maximum atomic E-state index is 9.58. The molecular weight excluding hydrogens is 266 g/mol. The average Bonchev–Trinajstić information content (AvgIpc) is 2.77. The predicted octanol–water partition coefficient (Wildman–Crippen LogP) is 3.17. The van der Waals surface area contributed by atoms with Gasteiger partial charge >= 0.3 is 0 Å². The molecule has 0 aliphatic carbocycles. The van der Waals surface area contributed by atoms with Crippen LogP contribution in [-0.2, 0) is 13.1 Å². The molecule has 0 amide bonds. The van der Waals surface area contributed by atoms with Crippen molar-refractivity contribution >= 4 is 5.82 Å². The molecule has 1 aromatic carbocycles. The Bertz CT molecular complexity index is 606. The van der Waals surface area contributed by atoms with Crippen LogP contribution in [0.15, 0.2) is 24.3 Å². The molecule has 0 saturated heterocycles. The van der Waals surface area contributed by atoms with Crippen molar-refractivity contribution in [2.24, 2.45) is 5.92 Å². The molecule has 0 aliphatic rings. The fraction of sp³-hybridized carbons (Fsp3) is 0.438. The Morgan fingerprint density at radius 1 is 1.33 bits per heavy atom. The highest BCUT2D eigenvalue weighted by atomic mass is 16.5. The molecular formula is C16H23N3O2. The standard InChI is InChI=1S/C16H23N3O2/c1-11(2)10-19-12(3)7-16(18-19)17-9-13-5-6-14(20)15(8-13)21-4/h5-8,11,20H,9-10H2,1-4H3,(H,17,18). The largest absolute Gasteiger partial charge is 0.504 e. The first-order chi connectivity index (χ1) is 9.99. The maximum Gasteiger partial charge on any atom is 0.160 e. The molecule has 0 atom stereocenters. The van der Waals surface area contributed by atoms with Crippen molar-refractivity contribution in [2.75, 3.05) is 12.4 Å². The summed E-state index contributed by atoms with van der Waals surface area (Å²) in [4.78, 5) is 0. The summed E-state index contributed by atoms with van der Waals surface area (Å²) < 4.78 is 7.13. The van der Waals surface area contributed by atoms with Crippen molar-refractivity contribution in [1.29, 1.82) is 0 Å². The fourth-order valence-corrected chi connectivity index (χ4v) is 2.15. The second-order valence-electron chi connectivity index (χ2n) is 5.61. The normalized spacial score (nSPS) is 10.9. The van der Waals surface area contributed by atoms with Gasteiger partial charge in [0.25, 0.3) is 0 Å². The summed E-state index contributed by atoms with van der Waals surface area (Å²) in [7, 11) is 1.54. The Kier molecular flexibility index (Phi) is 4.73. The van der Waals surface area contributed by atoms with Crippen molar-refractivity contribution < 1.29 is 9.84 Å². The van der Waals surface area contributed by atoms with Gasteiger partial charge in [0.15, 0.2) is 11.5 Å². The Hall–Kier alpha value is -2.17. The van der Waals surface area contributed by atoms with Crippen molar-refractivity contribution in [3.8, 4) is 11.5 Å². The number of aryl methyl sites for hydroxylation is 1. The highest BCUT2D eigenvalue weighted by Crippen LogP contribution is 2.26.